The second-order valence-corrected chi connectivity index (χ2v) is 3.53. The highest BCUT2D eigenvalue weighted by Gasteiger charge is 2.02. The molecule has 0 unspecified atom stereocenters. The minimum absolute atomic E-state index is 0.671. The van der Waals surface area contributed by atoms with Gasteiger partial charge in [0.15, 0.2) is 5.82 Å². The fourth-order valence-electron chi connectivity index (χ4n) is 1.27. The molecule has 0 radical (unpaired) electrons. The van der Waals surface area contributed by atoms with Crippen molar-refractivity contribution in [2.75, 3.05) is 0 Å². The fourth-order valence-corrected chi connectivity index (χ4v) is 1.46. The monoisotopic (exact) mass is 219 g/mol. The van der Waals surface area contributed by atoms with E-state index in [1.807, 2.05) is 31.2 Å². The Morgan fingerprint density at radius 2 is 2.13 bits per heavy atom. The molecular weight excluding hydrogens is 210 g/mol. The third-order valence-corrected chi connectivity index (χ3v) is 2.26. The summed E-state index contributed by atoms with van der Waals surface area (Å²) in [7, 11) is 0. The summed E-state index contributed by atoms with van der Waals surface area (Å²) in [5, 5.41) is 0.686. The number of halogens is 1. The molecule has 2 aromatic rings. The predicted molar refractivity (Wildman–Crippen MR) is 59.7 cm³/mol. The second kappa shape index (κ2) is 4.36. The zero-order valence-corrected chi connectivity index (χ0v) is 9.07. The van der Waals surface area contributed by atoms with E-state index in [0.717, 1.165) is 17.8 Å². The Morgan fingerprint density at radius 1 is 1.27 bits per heavy atom. The molecule has 0 N–H and O–H groups in total. The van der Waals surface area contributed by atoms with Crippen LogP contribution in [0, 0.1) is 0 Å². The van der Waals surface area contributed by atoms with Crippen molar-refractivity contribution >= 4 is 11.6 Å². The van der Waals surface area contributed by atoms with Crippen LogP contribution in [-0.2, 0) is 6.42 Å². The first-order valence-electron chi connectivity index (χ1n) is 4.73. The molecule has 0 aliphatic heterocycles. The van der Waals surface area contributed by atoms with Crippen molar-refractivity contribution in [3.63, 3.8) is 0 Å². The normalized spacial score (nSPS) is 10.3. The van der Waals surface area contributed by atoms with Gasteiger partial charge in [-0.25, -0.2) is 15.0 Å². The van der Waals surface area contributed by atoms with Crippen LogP contribution >= 0.6 is 11.6 Å². The van der Waals surface area contributed by atoms with E-state index in [4.69, 9.17) is 11.6 Å². The van der Waals surface area contributed by atoms with Gasteiger partial charge in [-0.1, -0.05) is 30.7 Å². The molecule has 0 saturated heterocycles. The lowest BCUT2D eigenvalue weighted by Crippen LogP contribution is -1.97. The van der Waals surface area contributed by atoms with E-state index in [2.05, 4.69) is 15.0 Å². The van der Waals surface area contributed by atoms with Crippen LogP contribution < -0.4 is 0 Å². The summed E-state index contributed by atoms with van der Waals surface area (Å²) in [6.07, 6.45) is 2.33. The molecular formula is C11H10ClN3. The van der Waals surface area contributed by atoms with Crippen molar-refractivity contribution in [2.24, 2.45) is 0 Å². The van der Waals surface area contributed by atoms with Crippen LogP contribution in [-0.4, -0.2) is 15.0 Å². The Kier molecular flexibility index (Phi) is 2.92. The summed E-state index contributed by atoms with van der Waals surface area (Å²) < 4.78 is 0. The summed E-state index contributed by atoms with van der Waals surface area (Å²) in [6, 6.07) is 7.48. The van der Waals surface area contributed by atoms with E-state index in [1.54, 1.807) is 0 Å². The first-order chi connectivity index (χ1) is 7.29. The standard InChI is InChI=1S/C11H10ClN3/c1-2-10-13-7-14-11(15-10)8-4-3-5-9(12)6-8/h3-7H,2H2,1H3. The zero-order valence-electron chi connectivity index (χ0n) is 8.31. The topological polar surface area (TPSA) is 38.7 Å². The molecule has 1 aromatic heterocycles. The minimum atomic E-state index is 0.671. The van der Waals surface area contributed by atoms with Gasteiger partial charge in [0.2, 0.25) is 0 Å². The van der Waals surface area contributed by atoms with Crippen LogP contribution in [0.15, 0.2) is 30.6 Å². The van der Waals surface area contributed by atoms with Crippen molar-refractivity contribution in [1.82, 2.24) is 15.0 Å². The molecule has 15 heavy (non-hydrogen) atoms. The fraction of sp³-hybridized carbons (Fsp3) is 0.182. The average Bonchev–Trinajstić information content (AvgIpc) is 2.29. The van der Waals surface area contributed by atoms with E-state index in [9.17, 15) is 0 Å². The van der Waals surface area contributed by atoms with Crippen LogP contribution in [0.4, 0.5) is 0 Å². The van der Waals surface area contributed by atoms with Gasteiger partial charge in [-0.15, -0.1) is 0 Å². The third-order valence-electron chi connectivity index (χ3n) is 2.02. The van der Waals surface area contributed by atoms with Crippen molar-refractivity contribution in [2.45, 2.75) is 13.3 Å². The lowest BCUT2D eigenvalue weighted by Gasteiger charge is -2.01. The largest absolute Gasteiger partial charge is 0.221 e. The Bertz CT molecular complexity index is 471. The maximum Gasteiger partial charge on any atom is 0.163 e. The van der Waals surface area contributed by atoms with Gasteiger partial charge in [-0.2, -0.15) is 0 Å². The van der Waals surface area contributed by atoms with Crippen molar-refractivity contribution in [1.29, 1.82) is 0 Å². The van der Waals surface area contributed by atoms with Crippen LogP contribution in [0.3, 0.4) is 0 Å². The third kappa shape index (κ3) is 2.30. The van der Waals surface area contributed by atoms with Crippen LogP contribution in [0.2, 0.25) is 5.02 Å². The Hall–Kier alpha value is -1.48. The number of hydrogen-bond donors (Lipinski definition) is 0. The number of hydrogen-bond acceptors (Lipinski definition) is 3. The number of aryl methyl sites for hydroxylation is 1. The SMILES string of the molecule is CCc1ncnc(-c2cccc(Cl)c2)n1. The smallest absolute Gasteiger partial charge is 0.163 e. The molecule has 1 aromatic carbocycles. The van der Waals surface area contributed by atoms with E-state index in [0.29, 0.717) is 10.8 Å². The highest BCUT2D eigenvalue weighted by atomic mass is 35.5. The molecule has 1 heterocycles. The first kappa shape index (κ1) is 10.1. The first-order valence-corrected chi connectivity index (χ1v) is 5.11. The highest BCUT2D eigenvalue weighted by Crippen LogP contribution is 2.18. The number of aromatic nitrogens is 3. The lowest BCUT2D eigenvalue weighted by atomic mass is 10.2. The Balaban J connectivity index is 2.44. The maximum absolute atomic E-state index is 5.90. The molecule has 2 rings (SSSR count). The van der Waals surface area contributed by atoms with E-state index in [1.165, 1.54) is 6.33 Å². The van der Waals surface area contributed by atoms with Gasteiger partial charge in [0.25, 0.3) is 0 Å². The van der Waals surface area contributed by atoms with Gasteiger partial charge < -0.3 is 0 Å². The van der Waals surface area contributed by atoms with Crippen LogP contribution in [0.5, 0.6) is 0 Å². The maximum atomic E-state index is 5.90. The van der Waals surface area contributed by atoms with Gasteiger partial charge in [-0.3, -0.25) is 0 Å². The van der Waals surface area contributed by atoms with Crippen molar-refractivity contribution < 1.29 is 0 Å². The summed E-state index contributed by atoms with van der Waals surface area (Å²) in [5.41, 5.74) is 0.916. The van der Waals surface area contributed by atoms with Gasteiger partial charge in [-0.05, 0) is 12.1 Å². The molecule has 0 fully saturated rings. The van der Waals surface area contributed by atoms with Crippen molar-refractivity contribution in [3.8, 4) is 11.4 Å². The van der Waals surface area contributed by atoms with E-state index >= 15 is 0 Å². The molecule has 4 heteroatoms. The van der Waals surface area contributed by atoms with Gasteiger partial charge in [0.05, 0.1) is 0 Å². The lowest BCUT2D eigenvalue weighted by molar-refractivity contribution is 0.903. The number of rotatable bonds is 2. The van der Waals surface area contributed by atoms with Crippen LogP contribution in [0.1, 0.15) is 12.7 Å². The molecule has 0 aliphatic carbocycles. The Labute approximate surface area is 93.2 Å². The molecule has 0 atom stereocenters. The summed E-state index contributed by atoms with van der Waals surface area (Å²) in [5.74, 6) is 1.46. The van der Waals surface area contributed by atoms with Gasteiger partial charge >= 0.3 is 0 Å². The molecule has 0 spiro atoms. The average molecular weight is 220 g/mol. The molecule has 0 saturated carbocycles. The summed E-state index contributed by atoms with van der Waals surface area (Å²) in [4.78, 5) is 12.5. The predicted octanol–water partition coefficient (Wildman–Crippen LogP) is 2.75. The summed E-state index contributed by atoms with van der Waals surface area (Å²) >= 11 is 5.90. The molecule has 0 aliphatic rings. The van der Waals surface area contributed by atoms with Crippen LogP contribution in [0.25, 0.3) is 11.4 Å². The number of nitrogens with zero attached hydrogens (tertiary/aromatic N) is 3. The Morgan fingerprint density at radius 3 is 2.87 bits per heavy atom. The highest BCUT2D eigenvalue weighted by molar-refractivity contribution is 6.30. The van der Waals surface area contributed by atoms with E-state index in [-0.39, 0.29) is 0 Å². The second-order valence-electron chi connectivity index (χ2n) is 3.09. The quantitative estimate of drug-likeness (QED) is 0.780. The van der Waals surface area contributed by atoms with E-state index < -0.39 is 0 Å². The molecule has 0 amide bonds. The molecule has 3 nitrogen and oxygen atoms in total. The molecule has 76 valence electrons. The molecule has 0 bridgehead atoms. The van der Waals surface area contributed by atoms with Gasteiger partial charge in [0, 0.05) is 17.0 Å². The van der Waals surface area contributed by atoms with Crippen molar-refractivity contribution in [3.05, 3.63) is 41.4 Å². The summed E-state index contributed by atoms with van der Waals surface area (Å²) in [6.45, 7) is 2.01. The zero-order chi connectivity index (χ0) is 10.7. The number of benzene rings is 1. The van der Waals surface area contributed by atoms with Gasteiger partial charge in [0.1, 0.15) is 12.2 Å². The minimum Gasteiger partial charge on any atom is -0.221 e.